The van der Waals surface area contributed by atoms with Gasteiger partial charge in [0.1, 0.15) is 81.5 Å². The molecule has 0 bridgehead atoms. The maximum absolute atomic E-state index is 11.8. The van der Waals surface area contributed by atoms with Crippen molar-refractivity contribution in [2.45, 2.75) is 136 Å². The van der Waals surface area contributed by atoms with Gasteiger partial charge < -0.3 is 47.9 Å². The molecule has 700 valence electrons. The van der Waals surface area contributed by atoms with Gasteiger partial charge in [-0.2, -0.15) is 0 Å². The number of carbonyl (C=O) groups excluding carboxylic acids is 8. The largest absolute Gasteiger partial charge is 0.488 e. The number of nitrogens with one attached hydrogen (secondary N) is 1. The summed E-state index contributed by atoms with van der Waals surface area (Å²) in [5.74, 6) is 3.29. The van der Waals surface area contributed by atoms with Crippen molar-refractivity contribution in [2.75, 3.05) is 25.1 Å². The Hall–Kier alpha value is -15.6. The SMILES string of the molecule is C=C(C)c1cc(C(C)=O)c(OCc2ccccc2)nc1C.CC(=O)Nc1ccc(COc2ccccc2C(C)=O)cc1.CC(=O)c1cc(C)cnc1OCc1ccccc1.CC(=O)c1ccncc1OCc1ccccc1.CC(=O)c1ccncc1OCc1ccccc1.CC(=O)c1ncc(Br)cc1OCc1ccccc1.CCCOCCOc1ccnc(C(C)=O)c1OCc1ccccc1. The number of carbonyl (C=O) groups is 8. The van der Waals surface area contributed by atoms with E-state index in [2.05, 4.69) is 64.7 Å². The molecule has 0 atom stereocenters. The van der Waals surface area contributed by atoms with E-state index in [1.54, 1.807) is 85.8 Å². The first-order chi connectivity index (χ1) is 65.6. The van der Waals surface area contributed by atoms with E-state index in [9.17, 15) is 38.4 Å². The first-order valence-corrected chi connectivity index (χ1v) is 44.5. The summed E-state index contributed by atoms with van der Waals surface area (Å²) in [7, 11) is 0. The molecule has 6 heterocycles. The van der Waals surface area contributed by atoms with Gasteiger partial charge in [0, 0.05) is 80.3 Å². The molecule has 1 amide bonds. The second kappa shape index (κ2) is 57.6. The molecule has 0 unspecified atom stereocenters. The van der Waals surface area contributed by atoms with E-state index in [-0.39, 0.29) is 52.1 Å². The van der Waals surface area contributed by atoms with Crippen LogP contribution in [0.15, 0.2) is 321 Å². The number of allylic oxidation sites excluding steroid dienone is 1. The summed E-state index contributed by atoms with van der Waals surface area (Å²) in [6, 6.07) is 83.7. The summed E-state index contributed by atoms with van der Waals surface area (Å²) in [6.07, 6.45) is 12.1. The lowest BCUT2D eigenvalue weighted by Crippen LogP contribution is -2.10. The van der Waals surface area contributed by atoms with E-state index < -0.39 is 0 Å². The maximum atomic E-state index is 11.8. The van der Waals surface area contributed by atoms with Crippen molar-refractivity contribution < 1.29 is 81.0 Å². The molecule has 0 aliphatic heterocycles. The molecular formula is C111H112BrN7O17. The minimum Gasteiger partial charge on any atom is -0.488 e. The molecule has 25 heteroatoms. The van der Waals surface area contributed by atoms with Gasteiger partial charge >= 0.3 is 0 Å². The number of benzene rings is 8. The highest BCUT2D eigenvalue weighted by molar-refractivity contribution is 9.10. The topological polar surface area (TPSA) is 309 Å². The normalized spacial score (nSPS) is 10.1. The molecule has 14 rings (SSSR count). The zero-order valence-corrected chi connectivity index (χ0v) is 80.0. The minimum atomic E-state index is -0.161. The van der Waals surface area contributed by atoms with E-state index in [1.165, 1.54) is 55.4 Å². The van der Waals surface area contributed by atoms with Crippen molar-refractivity contribution in [1.82, 2.24) is 29.9 Å². The highest BCUT2D eigenvalue weighted by Gasteiger charge is 2.20. The highest BCUT2D eigenvalue weighted by atomic mass is 79.9. The third-order valence-corrected chi connectivity index (χ3v) is 19.6. The summed E-state index contributed by atoms with van der Waals surface area (Å²) in [5, 5.41) is 2.71. The van der Waals surface area contributed by atoms with Crippen LogP contribution in [0.3, 0.4) is 0 Å². The number of aryl methyl sites for hydroxylation is 2. The fourth-order valence-electron chi connectivity index (χ4n) is 12.4. The van der Waals surface area contributed by atoms with E-state index in [0.29, 0.717) is 146 Å². The molecule has 136 heavy (non-hydrogen) atoms. The van der Waals surface area contributed by atoms with E-state index >= 15 is 0 Å². The number of hydrogen-bond acceptors (Lipinski definition) is 23. The number of rotatable bonds is 36. The lowest BCUT2D eigenvalue weighted by molar-refractivity contribution is -0.114. The Balaban J connectivity index is 0.000000195. The lowest BCUT2D eigenvalue weighted by Gasteiger charge is -2.15. The molecule has 24 nitrogen and oxygen atoms in total. The number of aromatic nitrogens is 6. The van der Waals surface area contributed by atoms with Gasteiger partial charge in [-0.05, 0) is 188 Å². The van der Waals surface area contributed by atoms with Crippen LogP contribution in [0.25, 0.3) is 5.57 Å². The number of nitrogens with zero attached hydrogens (tertiary/aromatic N) is 6. The number of ether oxygens (including phenoxy) is 9. The summed E-state index contributed by atoms with van der Waals surface area (Å²) in [5.41, 5.74) is 14.9. The molecule has 0 fully saturated rings. The number of amides is 1. The third kappa shape index (κ3) is 37.2. The fourth-order valence-corrected chi connectivity index (χ4v) is 12.7. The number of anilines is 1. The Morgan fingerprint density at radius 2 is 0.721 bits per heavy atom. The molecule has 14 aromatic rings. The quantitative estimate of drug-likeness (QED) is 0.0282. The van der Waals surface area contributed by atoms with Gasteiger partial charge in [0.15, 0.2) is 57.7 Å². The van der Waals surface area contributed by atoms with E-state index in [0.717, 1.165) is 77.9 Å². The van der Waals surface area contributed by atoms with Crippen LogP contribution in [0.1, 0.15) is 204 Å². The number of halogens is 1. The van der Waals surface area contributed by atoms with Crippen molar-refractivity contribution in [2.24, 2.45) is 0 Å². The van der Waals surface area contributed by atoms with Crippen molar-refractivity contribution in [3.05, 3.63) is 416 Å². The Morgan fingerprint density at radius 3 is 1.15 bits per heavy atom. The van der Waals surface area contributed by atoms with Crippen LogP contribution in [0.4, 0.5) is 5.69 Å². The number of hydrogen-bond donors (Lipinski definition) is 1. The zero-order valence-electron chi connectivity index (χ0n) is 78.4. The van der Waals surface area contributed by atoms with Gasteiger partial charge in [0.25, 0.3) is 0 Å². The van der Waals surface area contributed by atoms with Crippen LogP contribution < -0.4 is 43.2 Å². The van der Waals surface area contributed by atoms with Gasteiger partial charge in [-0.1, -0.05) is 220 Å². The molecular weight excluding hydrogens is 1780 g/mol. The van der Waals surface area contributed by atoms with E-state index in [1.807, 2.05) is 245 Å². The summed E-state index contributed by atoms with van der Waals surface area (Å²) < 4.78 is 51.7. The highest BCUT2D eigenvalue weighted by Crippen LogP contribution is 2.33. The van der Waals surface area contributed by atoms with Crippen LogP contribution >= 0.6 is 15.9 Å². The smallest absolute Gasteiger partial charge is 0.224 e. The van der Waals surface area contributed by atoms with Crippen LogP contribution in [0.5, 0.6) is 46.3 Å². The molecule has 0 saturated heterocycles. The van der Waals surface area contributed by atoms with Crippen molar-refractivity contribution in [1.29, 1.82) is 0 Å². The Labute approximate surface area is 803 Å². The maximum Gasteiger partial charge on any atom is 0.224 e. The van der Waals surface area contributed by atoms with Crippen molar-refractivity contribution in [3.8, 4) is 46.3 Å². The summed E-state index contributed by atoms with van der Waals surface area (Å²) in [6.45, 7) is 28.1. The average molecular weight is 1900 g/mol. The Morgan fingerprint density at radius 1 is 0.324 bits per heavy atom. The molecule has 0 radical (unpaired) electrons. The van der Waals surface area contributed by atoms with Gasteiger partial charge in [-0.15, -0.1) is 0 Å². The van der Waals surface area contributed by atoms with Crippen molar-refractivity contribution in [3.63, 3.8) is 0 Å². The molecule has 0 spiro atoms. The second-order valence-electron chi connectivity index (χ2n) is 30.5. The fraction of sp³-hybridized carbons (Fsp3) is 0.207. The molecule has 0 saturated carbocycles. The summed E-state index contributed by atoms with van der Waals surface area (Å²) in [4.78, 5) is 116. The number of pyridine rings is 6. The van der Waals surface area contributed by atoms with Gasteiger partial charge in [0.2, 0.25) is 17.7 Å². The third-order valence-electron chi connectivity index (χ3n) is 19.2. The molecule has 1 N–H and O–H groups in total. The average Bonchev–Trinajstić information content (AvgIpc) is 0.850. The van der Waals surface area contributed by atoms with Crippen LogP contribution in [-0.4, -0.2) is 96.1 Å². The van der Waals surface area contributed by atoms with Gasteiger partial charge in [0.05, 0.1) is 46.8 Å². The second-order valence-corrected chi connectivity index (χ2v) is 31.4. The molecule has 8 aromatic carbocycles. The first kappa shape index (κ1) is 106. The predicted molar refractivity (Wildman–Crippen MR) is 530 cm³/mol. The lowest BCUT2D eigenvalue weighted by atomic mass is 10.0. The van der Waals surface area contributed by atoms with Crippen LogP contribution in [0.2, 0.25) is 0 Å². The zero-order chi connectivity index (χ0) is 97.9. The van der Waals surface area contributed by atoms with Crippen LogP contribution in [0, 0.1) is 13.8 Å². The van der Waals surface area contributed by atoms with Gasteiger partial charge in [-0.25, -0.2) is 19.9 Å². The van der Waals surface area contributed by atoms with Crippen LogP contribution in [-0.2, 0) is 55.8 Å². The number of ketones is 7. The molecule has 0 aliphatic carbocycles. The minimum absolute atomic E-state index is 0.0181. The Kier molecular flexibility index (Phi) is 44.8. The standard InChI is InChI=1S/C19H23NO4.C18H19NO2.C17H17NO3.C15H15NO2.C14H12BrNO2.2C14H13NO2/c1-3-11-22-12-13-23-17-9-10-20-18(15(2)21)19(17)24-14-16-7-5-4-6-8-16;1-12(2)16-10-17(14(4)20)18(19-13(16)3)21-11-15-8-6-5-7-9-15;1-12(19)16-5-3-4-6-17(16)21-11-14-7-9-15(10-8-14)18-13(2)20;1-11-8-14(12(2)17)15(16-9-11)18-10-13-6-4-3-5-7-13;1-10(17)14-13(7-12(15)8-16-14)18-9-11-5-3-2-4-6-11;2*1-11(16)13-7-8-15-9-14(13)17-10-12-5-3-2-4-6-12/h4-10H,3,11-14H2,1-2H3;5-10H,1,11H2,2-4H3;3-10H,11H2,1-2H3,(H,18,20);3-9H,10H2,1-2H3;2-8H,9H2,1H3;2*2-9H,10H2,1H3. The monoisotopic (exact) mass is 1890 g/mol. The Bertz CT molecular complexity index is 6100. The summed E-state index contributed by atoms with van der Waals surface area (Å²) >= 11 is 3.32. The number of Topliss-reactive ketones (excluding diaryl/α,β-unsaturated/α-hetero) is 7. The molecule has 0 aliphatic rings. The van der Waals surface area contributed by atoms with Crippen molar-refractivity contribution >= 4 is 73.6 Å². The number of para-hydroxylation sites is 1. The molecule has 6 aromatic heterocycles. The predicted octanol–water partition coefficient (Wildman–Crippen LogP) is 23.8. The van der Waals surface area contributed by atoms with E-state index in [4.69, 9.17) is 42.6 Å². The first-order valence-electron chi connectivity index (χ1n) is 43.7. The van der Waals surface area contributed by atoms with Gasteiger partial charge in [-0.3, -0.25) is 48.3 Å².